The first-order valence-corrected chi connectivity index (χ1v) is 4.57. The molecule has 0 saturated heterocycles. The second kappa shape index (κ2) is 4.61. The molecule has 0 bridgehead atoms. The van der Waals surface area contributed by atoms with Gasteiger partial charge >= 0.3 is 0 Å². The van der Waals surface area contributed by atoms with Crippen molar-refractivity contribution in [1.82, 2.24) is 0 Å². The molecule has 72 valence electrons. The minimum absolute atomic E-state index is 0.207. The van der Waals surface area contributed by atoms with Crippen LogP contribution in [-0.2, 0) is 9.53 Å². The summed E-state index contributed by atoms with van der Waals surface area (Å²) < 4.78 is 5.63. The van der Waals surface area contributed by atoms with Gasteiger partial charge in [0.25, 0.3) is 0 Å². The van der Waals surface area contributed by atoms with E-state index in [2.05, 4.69) is 13.8 Å². The minimum atomic E-state index is -0.248. The third kappa shape index (κ3) is 3.35. The van der Waals surface area contributed by atoms with Crippen molar-refractivity contribution in [2.45, 2.75) is 52.7 Å². The maximum absolute atomic E-state index is 10.5. The lowest BCUT2D eigenvalue weighted by Crippen LogP contribution is -2.36. The second-order valence-corrected chi connectivity index (χ2v) is 3.96. The molecule has 12 heavy (non-hydrogen) atoms. The van der Waals surface area contributed by atoms with Crippen molar-refractivity contribution in [2.24, 2.45) is 5.92 Å². The Morgan fingerprint density at radius 1 is 1.42 bits per heavy atom. The normalized spacial score (nSPS) is 14.8. The summed E-state index contributed by atoms with van der Waals surface area (Å²) in [5.74, 6) is 0.423. The predicted octanol–water partition coefficient (Wildman–Crippen LogP) is 2.42. The van der Waals surface area contributed by atoms with E-state index in [-0.39, 0.29) is 11.7 Å². The Bertz CT molecular complexity index is 139. The molecule has 0 aromatic rings. The van der Waals surface area contributed by atoms with Gasteiger partial charge in [0, 0.05) is 0 Å². The van der Waals surface area contributed by atoms with Crippen LogP contribution in [0.3, 0.4) is 0 Å². The fourth-order valence-corrected chi connectivity index (χ4v) is 0.734. The van der Waals surface area contributed by atoms with Crippen molar-refractivity contribution in [2.75, 3.05) is 0 Å². The van der Waals surface area contributed by atoms with Crippen LogP contribution in [0.1, 0.15) is 41.0 Å². The summed E-state index contributed by atoms with van der Waals surface area (Å²) in [5.41, 5.74) is -0.207. The zero-order chi connectivity index (χ0) is 9.78. The number of ether oxygens (including phenoxy) is 1. The highest BCUT2D eigenvalue weighted by Gasteiger charge is 2.26. The van der Waals surface area contributed by atoms with E-state index < -0.39 is 0 Å². The quantitative estimate of drug-likeness (QED) is 0.595. The summed E-state index contributed by atoms with van der Waals surface area (Å²) in [6.45, 7) is 10.2. The van der Waals surface area contributed by atoms with Crippen LogP contribution in [0.5, 0.6) is 0 Å². The van der Waals surface area contributed by atoms with Crippen LogP contribution in [0.15, 0.2) is 0 Å². The molecule has 0 saturated carbocycles. The summed E-state index contributed by atoms with van der Waals surface area (Å²) in [5, 5.41) is 0. The summed E-state index contributed by atoms with van der Waals surface area (Å²) in [6, 6.07) is 0. The fourth-order valence-electron chi connectivity index (χ4n) is 0.734. The Kier molecular flexibility index (Phi) is 4.46. The largest absolute Gasteiger partial charge is 0.365 e. The Labute approximate surface area is 75.3 Å². The first-order valence-electron chi connectivity index (χ1n) is 4.57. The molecule has 0 radical (unpaired) electrons. The second-order valence-electron chi connectivity index (χ2n) is 3.96. The molecule has 0 aliphatic rings. The van der Waals surface area contributed by atoms with E-state index in [9.17, 15) is 4.79 Å². The van der Waals surface area contributed by atoms with Gasteiger partial charge in [-0.2, -0.15) is 0 Å². The molecule has 0 aromatic carbocycles. The van der Waals surface area contributed by atoms with Crippen molar-refractivity contribution >= 4 is 6.29 Å². The van der Waals surface area contributed by atoms with Crippen LogP contribution in [-0.4, -0.2) is 18.0 Å². The van der Waals surface area contributed by atoms with E-state index in [4.69, 9.17) is 4.74 Å². The highest BCUT2D eigenvalue weighted by Crippen LogP contribution is 2.22. The number of carbonyl (C=O) groups excluding carboxylic acids is 1. The molecule has 0 aliphatic carbocycles. The molecule has 0 amide bonds. The van der Waals surface area contributed by atoms with Crippen LogP contribution in [0.2, 0.25) is 0 Å². The lowest BCUT2D eigenvalue weighted by molar-refractivity contribution is -0.135. The molecule has 0 fully saturated rings. The van der Waals surface area contributed by atoms with Gasteiger partial charge in [-0.15, -0.1) is 0 Å². The van der Waals surface area contributed by atoms with E-state index >= 15 is 0 Å². The van der Waals surface area contributed by atoms with Crippen molar-refractivity contribution < 1.29 is 9.53 Å². The summed E-state index contributed by atoms with van der Waals surface area (Å²) >= 11 is 0. The maximum Gasteiger partial charge on any atom is 0.148 e. The Morgan fingerprint density at radius 3 is 2.17 bits per heavy atom. The molecule has 0 N–H and O–H groups in total. The molecule has 1 atom stereocenters. The topological polar surface area (TPSA) is 26.3 Å². The van der Waals surface area contributed by atoms with E-state index in [0.29, 0.717) is 5.92 Å². The molecule has 0 aliphatic heterocycles. The molecule has 0 rings (SSSR count). The van der Waals surface area contributed by atoms with Crippen molar-refractivity contribution in [3.05, 3.63) is 0 Å². The minimum Gasteiger partial charge on any atom is -0.365 e. The average Bonchev–Trinajstić information content (AvgIpc) is 2.00. The molecular weight excluding hydrogens is 152 g/mol. The van der Waals surface area contributed by atoms with Crippen LogP contribution in [0.4, 0.5) is 0 Å². The zero-order valence-corrected chi connectivity index (χ0v) is 8.76. The summed E-state index contributed by atoms with van der Waals surface area (Å²) in [6.07, 6.45) is 1.38. The van der Waals surface area contributed by atoms with Gasteiger partial charge in [0.2, 0.25) is 0 Å². The predicted molar refractivity (Wildman–Crippen MR) is 50.1 cm³/mol. The number of carbonyl (C=O) groups is 1. The summed E-state index contributed by atoms with van der Waals surface area (Å²) in [7, 11) is 0. The van der Waals surface area contributed by atoms with Gasteiger partial charge in [-0.3, -0.25) is 0 Å². The van der Waals surface area contributed by atoms with Crippen LogP contribution >= 0.6 is 0 Å². The van der Waals surface area contributed by atoms with Gasteiger partial charge in [-0.05, 0) is 26.2 Å². The van der Waals surface area contributed by atoms with Gasteiger partial charge in [0.15, 0.2) is 0 Å². The lowest BCUT2D eigenvalue weighted by Gasteiger charge is -2.31. The first kappa shape index (κ1) is 11.6. The number of hydrogen-bond donors (Lipinski definition) is 0. The van der Waals surface area contributed by atoms with E-state index in [1.807, 2.05) is 20.8 Å². The van der Waals surface area contributed by atoms with Crippen molar-refractivity contribution in [3.8, 4) is 0 Å². The first-order chi connectivity index (χ1) is 5.44. The number of aldehydes is 1. The van der Waals surface area contributed by atoms with Crippen LogP contribution in [0, 0.1) is 5.92 Å². The molecule has 0 heterocycles. The molecule has 1 unspecified atom stereocenters. The van der Waals surface area contributed by atoms with Gasteiger partial charge in [0.05, 0.1) is 5.60 Å². The Hall–Kier alpha value is -0.370. The van der Waals surface area contributed by atoms with Gasteiger partial charge in [-0.25, -0.2) is 0 Å². The number of hydrogen-bond acceptors (Lipinski definition) is 2. The average molecular weight is 172 g/mol. The van der Waals surface area contributed by atoms with Gasteiger partial charge in [-0.1, -0.05) is 20.8 Å². The fraction of sp³-hybridized carbons (Fsp3) is 0.900. The highest BCUT2D eigenvalue weighted by molar-refractivity contribution is 5.55. The van der Waals surface area contributed by atoms with E-state index in [1.165, 1.54) is 0 Å². The van der Waals surface area contributed by atoms with Crippen molar-refractivity contribution in [1.29, 1.82) is 0 Å². The smallest absolute Gasteiger partial charge is 0.148 e. The molecular formula is C10H20O2. The third-order valence-corrected chi connectivity index (χ3v) is 2.40. The van der Waals surface area contributed by atoms with Crippen LogP contribution < -0.4 is 0 Å². The standard InChI is InChI=1S/C10H20O2/c1-6-9(7-11)12-10(4,5)8(2)3/h7-9H,6H2,1-5H3. The van der Waals surface area contributed by atoms with Gasteiger partial charge < -0.3 is 9.53 Å². The molecule has 2 heteroatoms. The number of rotatable bonds is 5. The molecule has 0 aromatic heterocycles. The zero-order valence-electron chi connectivity index (χ0n) is 8.76. The SMILES string of the molecule is CCC(C=O)OC(C)(C)C(C)C. The van der Waals surface area contributed by atoms with E-state index in [0.717, 1.165) is 12.7 Å². The maximum atomic E-state index is 10.5. The molecule has 2 nitrogen and oxygen atoms in total. The Morgan fingerprint density at radius 2 is 1.92 bits per heavy atom. The van der Waals surface area contributed by atoms with Crippen molar-refractivity contribution in [3.63, 3.8) is 0 Å². The highest BCUT2D eigenvalue weighted by atomic mass is 16.5. The van der Waals surface area contributed by atoms with Crippen LogP contribution in [0.25, 0.3) is 0 Å². The van der Waals surface area contributed by atoms with Gasteiger partial charge in [0.1, 0.15) is 12.4 Å². The summed E-state index contributed by atoms with van der Waals surface area (Å²) in [4.78, 5) is 10.5. The van der Waals surface area contributed by atoms with E-state index in [1.54, 1.807) is 0 Å². The Balaban J connectivity index is 4.11. The third-order valence-electron chi connectivity index (χ3n) is 2.40. The molecule has 0 spiro atoms. The monoisotopic (exact) mass is 172 g/mol. The lowest BCUT2D eigenvalue weighted by atomic mass is 9.94.